The Balaban J connectivity index is 2.51. The van der Waals surface area contributed by atoms with Gasteiger partial charge in [-0.15, -0.1) is 0 Å². The lowest BCUT2D eigenvalue weighted by atomic mass is 9.91. The zero-order chi connectivity index (χ0) is 12.7. The van der Waals surface area contributed by atoms with Crippen molar-refractivity contribution in [3.8, 4) is 0 Å². The van der Waals surface area contributed by atoms with Gasteiger partial charge in [-0.3, -0.25) is 0 Å². The van der Waals surface area contributed by atoms with Crippen LogP contribution in [0.2, 0.25) is 0 Å². The fourth-order valence-electron chi connectivity index (χ4n) is 2.08. The second-order valence-corrected chi connectivity index (χ2v) is 6.34. The Morgan fingerprint density at radius 1 is 1.35 bits per heavy atom. The Kier molecular flexibility index (Phi) is 2.69. The van der Waals surface area contributed by atoms with Crippen molar-refractivity contribution in [3.05, 3.63) is 35.4 Å². The van der Waals surface area contributed by atoms with E-state index >= 15 is 0 Å². The normalized spacial score (nSPS) is 26.9. The number of rotatable bonds is 2. The molecule has 1 aromatic carbocycles. The highest BCUT2D eigenvalue weighted by molar-refractivity contribution is 7.91. The standard InChI is InChI=1S/C11H11FO4S/c12-11(5-6-17(15,16)7-11)9-4-2-1-3-8(9)10(13)14/h1-4H,5-7H2,(H,13,14). The van der Waals surface area contributed by atoms with Gasteiger partial charge in [0.25, 0.3) is 0 Å². The summed E-state index contributed by atoms with van der Waals surface area (Å²) in [7, 11) is -3.41. The molecule has 17 heavy (non-hydrogen) atoms. The summed E-state index contributed by atoms with van der Waals surface area (Å²) in [5.74, 6) is -2.12. The summed E-state index contributed by atoms with van der Waals surface area (Å²) < 4.78 is 37.1. The van der Waals surface area contributed by atoms with Crippen LogP contribution in [-0.4, -0.2) is 31.0 Å². The highest BCUT2D eigenvalue weighted by Crippen LogP contribution is 2.39. The van der Waals surface area contributed by atoms with Crippen LogP contribution in [0, 0.1) is 0 Å². The predicted octanol–water partition coefficient (Wildman–Crippen LogP) is 1.37. The van der Waals surface area contributed by atoms with E-state index in [9.17, 15) is 17.6 Å². The van der Waals surface area contributed by atoms with E-state index in [4.69, 9.17) is 5.11 Å². The van der Waals surface area contributed by atoms with E-state index in [0.29, 0.717) is 0 Å². The molecule has 1 aliphatic rings. The van der Waals surface area contributed by atoms with E-state index in [0.717, 1.165) is 0 Å². The van der Waals surface area contributed by atoms with Crippen molar-refractivity contribution in [2.75, 3.05) is 11.5 Å². The third kappa shape index (κ3) is 2.17. The molecule has 1 atom stereocenters. The summed E-state index contributed by atoms with van der Waals surface area (Å²) >= 11 is 0. The Hall–Kier alpha value is -1.43. The first-order valence-electron chi connectivity index (χ1n) is 5.06. The number of halogens is 1. The third-order valence-electron chi connectivity index (χ3n) is 2.90. The average molecular weight is 258 g/mol. The molecule has 0 saturated carbocycles. The minimum atomic E-state index is -3.41. The van der Waals surface area contributed by atoms with Crippen molar-refractivity contribution in [2.24, 2.45) is 0 Å². The zero-order valence-corrected chi connectivity index (χ0v) is 9.71. The van der Waals surface area contributed by atoms with E-state index in [2.05, 4.69) is 0 Å². The van der Waals surface area contributed by atoms with Crippen LogP contribution in [-0.2, 0) is 15.5 Å². The van der Waals surface area contributed by atoms with Crippen LogP contribution >= 0.6 is 0 Å². The van der Waals surface area contributed by atoms with E-state index in [1.54, 1.807) is 0 Å². The molecular weight excluding hydrogens is 247 g/mol. The number of sulfone groups is 1. The van der Waals surface area contributed by atoms with Crippen molar-refractivity contribution in [2.45, 2.75) is 12.1 Å². The van der Waals surface area contributed by atoms with Gasteiger partial charge in [-0.1, -0.05) is 18.2 Å². The van der Waals surface area contributed by atoms with Gasteiger partial charge in [0.05, 0.1) is 17.1 Å². The highest BCUT2D eigenvalue weighted by atomic mass is 32.2. The van der Waals surface area contributed by atoms with Crippen LogP contribution in [0.15, 0.2) is 24.3 Å². The SMILES string of the molecule is O=C(O)c1ccccc1C1(F)CCS(=O)(=O)C1. The van der Waals surface area contributed by atoms with Crippen LogP contribution in [0.5, 0.6) is 0 Å². The second kappa shape index (κ2) is 3.80. The van der Waals surface area contributed by atoms with Crippen LogP contribution in [0.4, 0.5) is 4.39 Å². The Morgan fingerprint density at radius 2 is 2.00 bits per heavy atom. The summed E-state index contributed by atoms with van der Waals surface area (Å²) in [6.45, 7) is 0. The van der Waals surface area contributed by atoms with Gasteiger partial charge >= 0.3 is 5.97 Å². The lowest BCUT2D eigenvalue weighted by Crippen LogP contribution is -2.24. The Labute approximate surface area is 98.0 Å². The monoisotopic (exact) mass is 258 g/mol. The van der Waals surface area contributed by atoms with E-state index < -0.39 is 27.2 Å². The van der Waals surface area contributed by atoms with Gasteiger partial charge in [-0.05, 0) is 6.07 Å². The van der Waals surface area contributed by atoms with Gasteiger partial charge in [0.15, 0.2) is 15.5 Å². The van der Waals surface area contributed by atoms with Crippen LogP contribution in [0.3, 0.4) is 0 Å². The van der Waals surface area contributed by atoms with Gasteiger partial charge < -0.3 is 5.11 Å². The number of benzene rings is 1. The summed E-state index contributed by atoms with van der Waals surface area (Å²) in [4.78, 5) is 11.0. The van der Waals surface area contributed by atoms with Crippen LogP contribution < -0.4 is 0 Å². The highest BCUT2D eigenvalue weighted by Gasteiger charge is 2.45. The van der Waals surface area contributed by atoms with Gasteiger partial charge in [0.2, 0.25) is 0 Å². The van der Waals surface area contributed by atoms with Crippen LogP contribution in [0.25, 0.3) is 0 Å². The molecule has 1 N–H and O–H groups in total. The Bertz CT molecular complexity index is 567. The molecule has 6 heteroatoms. The number of carboxylic acid groups (broad SMARTS) is 1. The molecule has 0 radical (unpaired) electrons. The first kappa shape index (κ1) is 12.0. The molecule has 1 aromatic rings. The molecular formula is C11H11FO4S. The van der Waals surface area contributed by atoms with Crippen molar-refractivity contribution in [1.29, 1.82) is 0 Å². The maximum atomic E-state index is 14.5. The molecule has 0 aliphatic carbocycles. The van der Waals surface area contributed by atoms with Gasteiger partial charge in [-0.2, -0.15) is 0 Å². The van der Waals surface area contributed by atoms with Gasteiger partial charge in [0, 0.05) is 12.0 Å². The van der Waals surface area contributed by atoms with E-state index in [1.165, 1.54) is 24.3 Å². The first-order chi connectivity index (χ1) is 7.84. The molecule has 2 rings (SSSR count). The van der Waals surface area contributed by atoms with Crippen molar-refractivity contribution >= 4 is 15.8 Å². The molecule has 1 saturated heterocycles. The molecule has 1 unspecified atom stereocenters. The lowest BCUT2D eigenvalue weighted by Gasteiger charge is -2.19. The predicted molar refractivity (Wildman–Crippen MR) is 59.5 cm³/mol. The minimum absolute atomic E-state index is 0.0476. The summed E-state index contributed by atoms with van der Waals surface area (Å²) in [5.41, 5.74) is -2.30. The largest absolute Gasteiger partial charge is 0.478 e. The maximum absolute atomic E-state index is 14.5. The summed E-state index contributed by atoms with van der Waals surface area (Å²) in [5, 5.41) is 8.95. The lowest BCUT2D eigenvalue weighted by molar-refractivity contribution is 0.0688. The maximum Gasteiger partial charge on any atom is 0.336 e. The van der Waals surface area contributed by atoms with Crippen LogP contribution in [0.1, 0.15) is 22.3 Å². The first-order valence-corrected chi connectivity index (χ1v) is 6.88. The quantitative estimate of drug-likeness (QED) is 0.869. The second-order valence-electron chi connectivity index (χ2n) is 4.16. The molecule has 0 aromatic heterocycles. The number of alkyl halides is 1. The molecule has 4 nitrogen and oxygen atoms in total. The topological polar surface area (TPSA) is 71.4 Å². The van der Waals surface area contributed by atoms with Gasteiger partial charge in [0.1, 0.15) is 0 Å². The molecule has 1 fully saturated rings. The van der Waals surface area contributed by atoms with Gasteiger partial charge in [-0.25, -0.2) is 17.6 Å². The molecule has 1 aliphatic heterocycles. The fourth-order valence-corrected chi connectivity index (χ4v) is 3.86. The molecule has 0 spiro atoms. The molecule has 92 valence electrons. The summed E-state index contributed by atoms with van der Waals surface area (Å²) in [6, 6.07) is 5.61. The van der Waals surface area contributed by atoms with Crippen molar-refractivity contribution in [1.82, 2.24) is 0 Å². The minimum Gasteiger partial charge on any atom is -0.478 e. The number of carbonyl (C=O) groups is 1. The number of aromatic carboxylic acids is 1. The van der Waals surface area contributed by atoms with E-state index in [-0.39, 0.29) is 23.3 Å². The smallest absolute Gasteiger partial charge is 0.336 e. The Morgan fingerprint density at radius 3 is 2.53 bits per heavy atom. The molecule has 1 heterocycles. The van der Waals surface area contributed by atoms with Crippen molar-refractivity contribution < 1.29 is 22.7 Å². The summed E-state index contributed by atoms with van der Waals surface area (Å²) in [6.07, 6.45) is -0.181. The van der Waals surface area contributed by atoms with E-state index in [1.807, 2.05) is 0 Å². The number of hydrogen-bond acceptors (Lipinski definition) is 3. The number of hydrogen-bond donors (Lipinski definition) is 1. The average Bonchev–Trinajstić information content (AvgIpc) is 2.54. The molecule has 0 amide bonds. The number of carboxylic acids is 1. The zero-order valence-electron chi connectivity index (χ0n) is 8.89. The molecule has 0 bridgehead atoms. The third-order valence-corrected chi connectivity index (χ3v) is 4.62. The van der Waals surface area contributed by atoms with Crippen molar-refractivity contribution in [3.63, 3.8) is 0 Å². The fraction of sp³-hybridized carbons (Fsp3) is 0.364.